The minimum absolute atomic E-state index is 0.204. The highest BCUT2D eigenvalue weighted by molar-refractivity contribution is 5.77. The van der Waals surface area contributed by atoms with E-state index in [4.69, 9.17) is 0 Å². The predicted molar refractivity (Wildman–Crippen MR) is 44.9 cm³/mol. The molecule has 0 aliphatic carbocycles. The Balaban J connectivity index is 0. The number of hydrogen-bond donors (Lipinski definition) is 1. The highest BCUT2D eigenvalue weighted by Gasteiger charge is 2.05. The van der Waals surface area contributed by atoms with E-state index in [1.54, 1.807) is 0 Å². The van der Waals surface area contributed by atoms with Crippen LogP contribution in [0.4, 0.5) is 0 Å². The second kappa shape index (κ2) is 11.3. The normalized spacial score (nSPS) is 13.8. The zero-order chi connectivity index (χ0) is 8.41. The molecule has 1 amide bonds. The molecule has 0 unspecified atom stereocenters. The largest absolute Gasteiger partial charge is 0.356 e. The first kappa shape index (κ1) is 12.2. The smallest absolute Gasteiger partial charge is 0.220 e. The van der Waals surface area contributed by atoms with Crippen LogP contribution in [0.1, 0.15) is 40.5 Å². The van der Waals surface area contributed by atoms with Gasteiger partial charge in [-0.25, -0.2) is 0 Å². The van der Waals surface area contributed by atoms with Crippen molar-refractivity contribution in [3.8, 4) is 0 Å². The Labute approximate surface area is 64.0 Å². The molecule has 1 aliphatic rings. The fourth-order valence-electron chi connectivity index (χ4n) is 0.565. The Kier molecular flexibility index (Phi) is 13.7. The van der Waals surface area contributed by atoms with Crippen LogP contribution < -0.4 is 5.32 Å². The Morgan fingerprint density at radius 1 is 1.20 bits per heavy atom. The highest BCUT2D eigenvalue weighted by atomic mass is 16.1. The van der Waals surface area contributed by atoms with Gasteiger partial charge >= 0.3 is 0 Å². The number of rotatable bonds is 0. The molecule has 1 aliphatic heterocycles. The van der Waals surface area contributed by atoms with Gasteiger partial charge in [-0.2, -0.15) is 0 Å². The second-order valence-corrected chi connectivity index (χ2v) is 1.45. The van der Waals surface area contributed by atoms with Gasteiger partial charge in [0.25, 0.3) is 0 Å². The number of hydrogen-bond acceptors (Lipinski definition) is 1. The van der Waals surface area contributed by atoms with Crippen LogP contribution in [0, 0.1) is 0 Å². The topological polar surface area (TPSA) is 29.1 Å². The minimum atomic E-state index is 0.204. The fourth-order valence-corrected chi connectivity index (χ4v) is 0.565. The maximum atomic E-state index is 10.1. The summed E-state index contributed by atoms with van der Waals surface area (Å²) in [6.45, 7) is 8.89. The van der Waals surface area contributed by atoms with Crippen molar-refractivity contribution in [3.05, 3.63) is 0 Å². The second-order valence-electron chi connectivity index (χ2n) is 1.45. The molecule has 0 aromatic carbocycles. The van der Waals surface area contributed by atoms with Crippen LogP contribution >= 0.6 is 0 Å². The number of carbonyl (C=O) groups excluding carboxylic acids is 1. The van der Waals surface area contributed by atoms with Crippen LogP contribution in [0.3, 0.4) is 0 Å². The van der Waals surface area contributed by atoms with Crippen molar-refractivity contribution in [2.45, 2.75) is 40.5 Å². The standard InChI is InChI=1S/C4H7NO.2C2H6/c6-4-2-1-3-5-4;2*1-2/h1-3H2,(H,5,6);2*1-2H3. The molecule has 1 fully saturated rings. The molecule has 0 saturated carbocycles. The van der Waals surface area contributed by atoms with Crippen molar-refractivity contribution in [2.75, 3.05) is 6.54 Å². The van der Waals surface area contributed by atoms with Crippen LogP contribution in [0.2, 0.25) is 0 Å². The zero-order valence-corrected chi connectivity index (χ0v) is 7.53. The van der Waals surface area contributed by atoms with Gasteiger partial charge in [0.15, 0.2) is 0 Å². The van der Waals surface area contributed by atoms with E-state index in [-0.39, 0.29) is 5.91 Å². The molecule has 2 nitrogen and oxygen atoms in total. The van der Waals surface area contributed by atoms with Crippen LogP contribution in [0.5, 0.6) is 0 Å². The molecular formula is C8H19NO. The summed E-state index contributed by atoms with van der Waals surface area (Å²) in [5.41, 5.74) is 0. The summed E-state index contributed by atoms with van der Waals surface area (Å²) in [6.07, 6.45) is 1.76. The summed E-state index contributed by atoms with van der Waals surface area (Å²) < 4.78 is 0. The molecule has 10 heavy (non-hydrogen) atoms. The Morgan fingerprint density at radius 2 is 1.70 bits per heavy atom. The van der Waals surface area contributed by atoms with Gasteiger partial charge in [-0.15, -0.1) is 0 Å². The molecule has 1 heterocycles. The van der Waals surface area contributed by atoms with Gasteiger partial charge in [0, 0.05) is 13.0 Å². The van der Waals surface area contributed by atoms with E-state index in [9.17, 15) is 4.79 Å². The number of nitrogens with one attached hydrogen (secondary N) is 1. The first-order valence-corrected chi connectivity index (χ1v) is 4.16. The monoisotopic (exact) mass is 145 g/mol. The number of amides is 1. The van der Waals surface area contributed by atoms with Crippen molar-refractivity contribution in [3.63, 3.8) is 0 Å². The van der Waals surface area contributed by atoms with E-state index in [2.05, 4.69) is 5.32 Å². The van der Waals surface area contributed by atoms with Gasteiger partial charge in [-0.3, -0.25) is 4.79 Å². The quantitative estimate of drug-likeness (QED) is 0.554. The van der Waals surface area contributed by atoms with Crippen LogP contribution in [-0.4, -0.2) is 12.5 Å². The van der Waals surface area contributed by atoms with E-state index >= 15 is 0 Å². The molecule has 1 saturated heterocycles. The SMILES string of the molecule is CC.CC.O=C1CCCN1. The van der Waals surface area contributed by atoms with Crippen LogP contribution in [0.15, 0.2) is 0 Å². The fraction of sp³-hybridized carbons (Fsp3) is 0.875. The van der Waals surface area contributed by atoms with E-state index in [1.165, 1.54) is 0 Å². The zero-order valence-electron chi connectivity index (χ0n) is 7.53. The van der Waals surface area contributed by atoms with Crippen LogP contribution in [0.25, 0.3) is 0 Å². The van der Waals surface area contributed by atoms with Gasteiger partial charge in [-0.05, 0) is 6.42 Å². The molecule has 0 spiro atoms. The lowest BCUT2D eigenvalue weighted by molar-refractivity contribution is -0.119. The summed E-state index contributed by atoms with van der Waals surface area (Å²) in [7, 11) is 0. The van der Waals surface area contributed by atoms with Crippen molar-refractivity contribution in [1.82, 2.24) is 5.32 Å². The Hall–Kier alpha value is -0.530. The lowest BCUT2D eigenvalue weighted by Gasteiger charge is -1.80. The number of carbonyl (C=O) groups is 1. The summed E-state index contributed by atoms with van der Waals surface area (Å²) in [5.74, 6) is 0.204. The molecule has 2 heteroatoms. The van der Waals surface area contributed by atoms with E-state index < -0.39 is 0 Å². The Bertz CT molecular complexity index is 63.7. The molecule has 0 aromatic rings. The van der Waals surface area contributed by atoms with E-state index in [1.807, 2.05) is 27.7 Å². The van der Waals surface area contributed by atoms with Gasteiger partial charge < -0.3 is 5.32 Å². The van der Waals surface area contributed by atoms with Gasteiger partial charge in [0.1, 0.15) is 0 Å². The molecule has 62 valence electrons. The maximum absolute atomic E-state index is 10.1. The first-order chi connectivity index (χ1) is 4.89. The molecule has 0 bridgehead atoms. The van der Waals surface area contributed by atoms with E-state index in [0.29, 0.717) is 0 Å². The van der Waals surface area contributed by atoms with Gasteiger partial charge in [0.05, 0.1) is 0 Å². The molecule has 1 rings (SSSR count). The third-order valence-electron chi connectivity index (χ3n) is 0.903. The summed E-state index contributed by atoms with van der Waals surface area (Å²) >= 11 is 0. The molecule has 0 radical (unpaired) electrons. The van der Waals surface area contributed by atoms with Crippen molar-refractivity contribution >= 4 is 5.91 Å². The lowest BCUT2D eigenvalue weighted by Crippen LogP contribution is -2.12. The third kappa shape index (κ3) is 7.47. The van der Waals surface area contributed by atoms with Crippen LogP contribution in [-0.2, 0) is 4.79 Å². The van der Waals surface area contributed by atoms with Crippen molar-refractivity contribution in [2.24, 2.45) is 0 Å². The Morgan fingerprint density at radius 3 is 1.80 bits per heavy atom. The molecule has 0 aromatic heterocycles. The van der Waals surface area contributed by atoms with Crippen molar-refractivity contribution in [1.29, 1.82) is 0 Å². The third-order valence-corrected chi connectivity index (χ3v) is 0.903. The molecular weight excluding hydrogens is 126 g/mol. The van der Waals surface area contributed by atoms with Gasteiger partial charge in [0.2, 0.25) is 5.91 Å². The highest BCUT2D eigenvalue weighted by Crippen LogP contribution is 1.93. The maximum Gasteiger partial charge on any atom is 0.220 e. The molecule has 1 N–H and O–H groups in total. The predicted octanol–water partition coefficient (Wildman–Crippen LogP) is 1.95. The summed E-state index contributed by atoms with van der Waals surface area (Å²) in [6, 6.07) is 0. The minimum Gasteiger partial charge on any atom is -0.356 e. The summed E-state index contributed by atoms with van der Waals surface area (Å²) in [4.78, 5) is 10.1. The van der Waals surface area contributed by atoms with Gasteiger partial charge in [-0.1, -0.05) is 27.7 Å². The lowest BCUT2D eigenvalue weighted by atomic mass is 10.4. The van der Waals surface area contributed by atoms with E-state index in [0.717, 1.165) is 19.4 Å². The summed E-state index contributed by atoms with van der Waals surface area (Å²) in [5, 5.41) is 2.68. The average Bonchev–Trinajstić information content (AvgIpc) is 2.48. The van der Waals surface area contributed by atoms with Crippen molar-refractivity contribution < 1.29 is 4.79 Å². The molecule has 0 atom stereocenters. The first-order valence-electron chi connectivity index (χ1n) is 4.16. The average molecular weight is 145 g/mol.